The zero-order chi connectivity index (χ0) is 27.7. The zero-order valence-electron chi connectivity index (χ0n) is 24.7. The third kappa shape index (κ3) is 9.94. The molecule has 0 radical (unpaired) electrons. The molecule has 0 aromatic carbocycles. The van der Waals surface area contributed by atoms with E-state index in [-0.39, 0.29) is 37.1 Å². The fourth-order valence-corrected chi connectivity index (χ4v) is 11.5. The smallest absolute Gasteiger partial charge is 0.306 e. The van der Waals surface area contributed by atoms with E-state index >= 15 is 0 Å². The van der Waals surface area contributed by atoms with Gasteiger partial charge in [-0.25, -0.2) is 0 Å². The molecule has 1 saturated heterocycles. The number of esters is 1. The van der Waals surface area contributed by atoms with Crippen LogP contribution in [0, 0.1) is 17.4 Å². The van der Waals surface area contributed by atoms with Gasteiger partial charge in [-0.3, -0.25) is 4.79 Å². The van der Waals surface area contributed by atoms with Crippen LogP contribution in [0.15, 0.2) is 23.8 Å². The van der Waals surface area contributed by atoms with Crippen molar-refractivity contribution in [3.63, 3.8) is 0 Å². The quantitative estimate of drug-likeness (QED) is 0.131. The van der Waals surface area contributed by atoms with E-state index < -0.39 is 22.5 Å². The van der Waals surface area contributed by atoms with Crippen molar-refractivity contribution in [3.8, 4) is 11.5 Å². The third-order valence-corrected chi connectivity index (χ3v) is 14.1. The molecule has 0 bridgehead atoms. The maximum atomic E-state index is 12.4. The topological polar surface area (TPSA) is 65.0 Å². The van der Waals surface area contributed by atoms with Crippen molar-refractivity contribution in [2.45, 2.75) is 122 Å². The molecule has 0 aromatic rings. The molecule has 1 N–H and O–H groups in total. The fourth-order valence-electron chi connectivity index (χ4n) is 5.33. The molecule has 0 saturated carbocycles. The van der Waals surface area contributed by atoms with Gasteiger partial charge in [-0.2, -0.15) is 0 Å². The minimum Gasteiger partial charge on any atom is -0.459 e. The van der Waals surface area contributed by atoms with Gasteiger partial charge < -0.3 is 19.0 Å². The second-order valence-electron chi connectivity index (χ2n) is 12.2. The van der Waals surface area contributed by atoms with Gasteiger partial charge in [-0.1, -0.05) is 85.0 Å². The molecule has 1 rings (SSSR count). The SMILES string of the molecule is CO[C@@H](C=CC(C)=C[C@@H](O[Si](C(C)C)(C(C)C)C(C)C)[C@H]1C[C@@H](CO)CC(=O)O1)CC#C[Si](C)(C)C. The Hall–Kier alpha value is -1.18. The van der Waals surface area contributed by atoms with Crippen LogP contribution in [0.4, 0.5) is 0 Å². The Bertz CT molecular complexity index is 792. The van der Waals surface area contributed by atoms with Gasteiger partial charge in [-0.15, -0.1) is 11.5 Å². The summed E-state index contributed by atoms with van der Waals surface area (Å²) in [6.45, 7) is 22.3. The van der Waals surface area contributed by atoms with Crippen LogP contribution >= 0.6 is 0 Å². The second-order valence-corrected chi connectivity index (χ2v) is 22.4. The summed E-state index contributed by atoms with van der Waals surface area (Å²) < 4.78 is 18.6. The normalized spacial score (nSPS) is 21.6. The number of aliphatic hydroxyl groups is 1. The van der Waals surface area contributed by atoms with Gasteiger partial charge in [0, 0.05) is 20.1 Å². The van der Waals surface area contributed by atoms with Crippen LogP contribution in [-0.4, -0.2) is 59.5 Å². The molecule has 5 nitrogen and oxygen atoms in total. The lowest BCUT2D eigenvalue weighted by Crippen LogP contribution is -2.53. The molecule has 4 atom stereocenters. The van der Waals surface area contributed by atoms with Crippen LogP contribution in [0.25, 0.3) is 0 Å². The number of cyclic esters (lactones) is 1. The number of carbonyl (C=O) groups excluding carboxylic acids is 1. The third-order valence-electron chi connectivity index (χ3n) is 7.05. The van der Waals surface area contributed by atoms with Gasteiger partial charge in [-0.05, 0) is 35.9 Å². The first-order chi connectivity index (χ1) is 16.7. The van der Waals surface area contributed by atoms with Gasteiger partial charge in [0.25, 0.3) is 0 Å². The molecule has 0 aliphatic carbocycles. The van der Waals surface area contributed by atoms with Crippen LogP contribution < -0.4 is 0 Å². The molecular weight excluding hydrogens is 484 g/mol. The molecule has 36 heavy (non-hydrogen) atoms. The standard InChI is InChI=1S/C29H52O5Si2/c1-21(2)36(22(3)4,23(5)6)34-28(27-18-25(20-30)19-29(31)33-27)17-24(7)14-15-26(32-8)13-12-16-35(9,10)11/h14-15,17,21-23,25-28,30H,13,18-20H2,1-11H3/t25-,26-,27-,28-/m1/s1. The first-order valence-electron chi connectivity index (χ1n) is 13.5. The summed E-state index contributed by atoms with van der Waals surface area (Å²) in [6.07, 6.45) is 6.87. The number of carbonyl (C=O) groups is 1. The summed E-state index contributed by atoms with van der Waals surface area (Å²) in [5, 5.41) is 9.79. The number of allylic oxidation sites excluding steroid dienone is 2. The number of hydrogen-bond donors (Lipinski definition) is 1. The van der Waals surface area contributed by atoms with Gasteiger partial charge in [0.15, 0.2) is 0 Å². The van der Waals surface area contributed by atoms with E-state index in [2.05, 4.69) is 84.8 Å². The molecule has 1 aliphatic rings. The Kier molecular flexibility index (Phi) is 13.4. The predicted octanol–water partition coefficient (Wildman–Crippen LogP) is 6.65. The van der Waals surface area contributed by atoms with Crippen molar-refractivity contribution in [2.24, 2.45) is 5.92 Å². The second kappa shape index (κ2) is 14.7. The van der Waals surface area contributed by atoms with Gasteiger partial charge >= 0.3 is 5.97 Å². The summed E-state index contributed by atoms with van der Waals surface area (Å²) in [6, 6.07) is 0. The van der Waals surface area contributed by atoms with Crippen LogP contribution in [-0.2, 0) is 18.7 Å². The lowest BCUT2D eigenvalue weighted by Gasteiger charge is -2.46. The molecule has 7 heteroatoms. The summed E-state index contributed by atoms with van der Waals surface area (Å²) >= 11 is 0. The molecule has 0 spiro atoms. The fraction of sp³-hybridized carbons (Fsp3) is 0.759. The van der Waals surface area contributed by atoms with Crippen molar-refractivity contribution < 1.29 is 23.8 Å². The van der Waals surface area contributed by atoms with Crippen molar-refractivity contribution in [1.82, 2.24) is 0 Å². The van der Waals surface area contributed by atoms with Crippen molar-refractivity contribution >= 4 is 22.4 Å². The van der Waals surface area contributed by atoms with Crippen molar-refractivity contribution in [1.29, 1.82) is 0 Å². The highest BCUT2D eigenvalue weighted by Gasteiger charge is 2.48. The molecule has 0 aromatic heterocycles. The predicted molar refractivity (Wildman–Crippen MR) is 155 cm³/mol. The number of aliphatic hydroxyl groups excluding tert-OH is 1. The van der Waals surface area contributed by atoms with Gasteiger partial charge in [0.05, 0.1) is 12.5 Å². The minimum atomic E-state index is -2.24. The molecule has 0 unspecified atom stereocenters. The summed E-state index contributed by atoms with van der Waals surface area (Å²) in [5.41, 5.74) is 5.63. The van der Waals surface area contributed by atoms with E-state index in [0.29, 0.717) is 29.5 Å². The van der Waals surface area contributed by atoms with E-state index in [0.717, 1.165) is 5.57 Å². The van der Waals surface area contributed by atoms with E-state index in [9.17, 15) is 9.90 Å². The van der Waals surface area contributed by atoms with Gasteiger partial charge in [0.2, 0.25) is 8.32 Å². The van der Waals surface area contributed by atoms with Crippen LogP contribution in [0.5, 0.6) is 0 Å². The maximum absolute atomic E-state index is 12.4. The molecule has 1 aliphatic heterocycles. The van der Waals surface area contributed by atoms with Crippen molar-refractivity contribution in [2.75, 3.05) is 13.7 Å². The van der Waals surface area contributed by atoms with E-state index in [4.69, 9.17) is 13.9 Å². The zero-order valence-corrected chi connectivity index (χ0v) is 26.7. The highest BCUT2D eigenvalue weighted by molar-refractivity contribution is 6.83. The first-order valence-corrected chi connectivity index (χ1v) is 19.2. The Balaban J connectivity index is 3.32. The highest BCUT2D eigenvalue weighted by Crippen LogP contribution is 2.44. The van der Waals surface area contributed by atoms with E-state index in [1.807, 2.05) is 13.0 Å². The Morgan fingerprint density at radius 2 is 1.72 bits per heavy atom. The number of rotatable bonds is 12. The van der Waals surface area contributed by atoms with Gasteiger partial charge in [0.1, 0.15) is 20.3 Å². The Morgan fingerprint density at radius 1 is 1.14 bits per heavy atom. The molecule has 0 amide bonds. The minimum absolute atomic E-state index is 0.0178. The van der Waals surface area contributed by atoms with Crippen molar-refractivity contribution in [3.05, 3.63) is 23.8 Å². The summed E-state index contributed by atoms with van der Waals surface area (Å²) in [4.78, 5) is 12.4. The maximum Gasteiger partial charge on any atom is 0.306 e. The number of methoxy groups -OCH3 is 1. The average molecular weight is 537 g/mol. The lowest BCUT2D eigenvalue weighted by molar-refractivity contribution is -0.163. The molecule has 206 valence electrons. The summed E-state index contributed by atoms with van der Waals surface area (Å²) in [5.74, 6) is 2.94. The molecular formula is C29H52O5Si2. The first kappa shape index (κ1) is 32.9. The average Bonchev–Trinajstić information content (AvgIpc) is 2.76. The lowest BCUT2D eigenvalue weighted by atomic mass is 9.92. The van der Waals surface area contributed by atoms with E-state index in [1.165, 1.54) is 0 Å². The molecule has 1 fully saturated rings. The highest BCUT2D eigenvalue weighted by atomic mass is 28.4. The van der Waals surface area contributed by atoms with Crippen LogP contribution in [0.1, 0.15) is 67.7 Å². The Labute approximate surface area is 223 Å². The Morgan fingerprint density at radius 3 is 2.19 bits per heavy atom. The van der Waals surface area contributed by atoms with Crippen LogP contribution in [0.3, 0.4) is 0 Å². The molecule has 1 heterocycles. The largest absolute Gasteiger partial charge is 0.459 e. The number of ether oxygens (including phenoxy) is 2. The van der Waals surface area contributed by atoms with E-state index in [1.54, 1.807) is 7.11 Å². The number of hydrogen-bond acceptors (Lipinski definition) is 5. The summed E-state index contributed by atoms with van der Waals surface area (Å²) in [7, 11) is -1.95. The van der Waals surface area contributed by atoms with Crippen LogP contribution in [0.2, 0.25) is 36.3 Å². The monoisotopic (exact) mass is 536 g/mol.